The summed E-state index contributed by atoms with van der Waals surface area (Å²) in [4.78, 5) is 0. The molecule has 18 heavy (non-hydrogen) atoms. The lowest BCUT2D eigenvalue weighted by atomic mass is 10.0. The van der Waals surface area contributed by atoms with Gasteiger partial charge in [0.2, 0.25) is 0 Å². The second kappa shape index (κ2) is 4.82. The van der Waals surface area contributed by atoms with E-state index in [1.807, 2.05) is 0 Å². The van der Waals surface area contributed by atoms with Gasteiger partial charge in [-0.3, -0.25) is 0 Å². The molecule has 0 atom stereocenters. The second-order valence-electron chi connectivity index (χ2n) is 3.59. The SMILES string of the molecule is FC(F)(F)c1[c]ccc(-c2c(Cl)cccc2Cl)c1. The smallest absolute Gasteiger partial charge is 0.166 e. The molecule has 0 aliphatic heterocycles. The summed E-state index contributed by atoms with van der Waals surface area (Å²) < 4.78 is 37.8. The molecule has 0 heterocycles. The van der Waals surface area contributed by atoms with Gasteiger partial charge in [-0.2, -0.15) is 13.2 Å². The van der Waals surface area contributed by atoms with Crippen LogP contribution in [0.15, 0.2) is 36.4 Å². The maximum Gasteiger partial charge on any atom is 0.417 e. The van der Waals surface area contributed by atoms with Crippen LogP contribution in [0.5, 0.6) is 0 Å². The molecule has 1 radical (unpaired) electrons. The number of halogens is 5. The molecule has 0 saturated heterocycles. The molecule has 0 unspecified atom stereocenters. The van der Waals surface area contributed by atoms with Gasteiger partial charge in [0.15, 0.2) is 0 Å². The zero-order chi connectivity index (χ0) is 13.3. The summed E-state index contributed by atoms with van der Waals surface area (Å²) in [6.07, 6.45) is -4.44. The highest BCUT2D eigenvalue weighted by molar-refractivity contribution is 6.39. The van der Waals surface area contributed by atoms with Crippen molar-refractivity contribution < 1.29 is 13.2 Å². The first-order chi connectivity index (χ1) is 8.39. The van der Waals surface area contributed by atoms with Crippen molar-refractivity contribution in [1.82, 2.24) is 0 Å². The van der Waals surface area contributed by atoms with Crippen LogP contribution in [0.25, 0.3) is 11.1 Å². The third-order valence-electron chi connectivity index (χ3n) is 2.36. The zero-order valence-corrected chi connectivity index (χ0v) is 10.4. The quantitative estimate of drug-likeness (QED) is 0.652. The first kappa shape index (κ1) is 13.2. The van der Waals surface area contributed by atoms with Crippen LogP contribution in [-0.4, -0.2) is 0 Å². The predicted octanol–water partition coefficient (Wildman–Crippen LogP) is 5.48. The fourth-order valence-corrected chi connectivity index (χ4v) is 2.17. The van der Waals surface area contributed by atoms with E-state index in [2.05, 4.69) is 6.07 Å². The third kappa shape index (κ3) is 2.62. The van der Waals surface area contributed by atoms with Crippen LogP contribution in [0, 0.1) is 6.07 Å². The average Bonchev–Trinajstić information content (AvgIpc) is 2.28. The summed E-state index contributed by atoms with van der Waals surface area (Å²) in [5, 5.41) is 0.614. The monoisotopic (exact) mass is 289 g/mol. The van der Waals surface area contributed by atoms with Gasteiger partial charge in [-0.25, -0.2) is 0 Å². The molecule has 0 saturated carbocycles. The molecule has 0 N–H and O–H groups in total. The lowest BCUT2D eigenvalue weighted by molar-refractivity contribution is -0.137. The van der Waals surface area contributed by atoms with Gasteiger partial charge in [-0.1, -0.05) is 41.4 Å². The Kier molecular flexibility index (Phi) is 3.55. The Morgan fingerprint density at radius 1 is 1.00 bits per heavy atom. The Morgan fingerprint density at radius 2 is 1.61 bits per heavy atom. The molecule has 5 heteroatoms. The van der Waals surface area contributed by atoms with Crippen molar-refractivity contribution in [3.8, 4) is 11.1 Å². The molecule has 0 fully saturated rings. The van der Waals surface area contributed by atoms with E-state index < -0.39 is 11.7 Å². The Bertz CT molecular complexity index is 556. The largest absolute Gasteiger partial charge is 0.417 e. The standard InChI is InChI=1S/C13H6Cl2F3/c14-10-5-2-6-11(15)12(10)8-3-1-4-9(7-8)13(16,17)18/h1-3,5-7H. The van der Waals surface area contributed by atoms with Gasteiger partial charge in [-0.05, 0) is 29.8 Å². The van der Waals surface area contributed by atoms with E-state index in [9.17, 15) is 13.2 Å². The van der Waals surface area contributed by atoms with Crippen LogP contribution in [0.4, 0.5) is 13.2 Å². The van der Waals surface area contributed by atoms with E-state index in [4.69, 9.17) is 23.2 Å². The minimum Gasteiger partial charge on any atom is -0.166 e. The van der Waals surface area contributed by atoms with E-state index in [0.29, 0.717) is 21.2 Å². The minimum atomic E-state index is -4.44. The number of benzene rings is 2. The molecule has 2 rings (SSSR count). The van der Waals surface area contributed by atoms with Gasteiger partial charge < -0.3 is 0 Å². The van der Waals surface area contributed by atoms with Crippen LogP contribution in [0.3, 0.4) is 0 Å². The molecule has 0 aliphatic rings. The molecule has 2 aromatic rings. The lowest BCUT2D eigenvalue weighted by Crippen LogP contribution is -2.04. The molecular formula is C13H6Cl2F3. The Labute approximate surface area is 112 Å². The van der Waals surface area contributed by atoms with Crippen LogP contribution >= 0.6 is 23.2 Å². The van der Waals surface area contributed by atoms with Gasteiger partial charge in [0, 0.05) is 15.6 Å². The maximum atomic E-state index is 12.6. The molecule has 0 amide bonds. The van der Waals surface area contributed by atoms with E-state index in [1.165, 1.54) is 12.1 Å². The number of hydrogen-bond donors (Lipinski definition) is 0. The van der Waals surface area contributed by atoms with E-state index in [-0.39, 0.29) is 0 Å². The first-order valence-corrected chi connectivity index (χ1v) is 5.68. The zero-order valence-electron chi connectivity index (χ0n) is 8.85. The van der Waals surface area contributed by atoms with E-state index >= 15 is 0 Å². The molecule has 2 aromatic carbocycles. The molecule has 0 spiro atoms. The fourth-order valence-electron chi connectivity index (χ4n) is 1.56. The highest BCUT2D eigenvalue weighted by Crippen LogP contribution is 2.37. The van der Waals surface area contributed by atoms with Crippen molar-refractivity contribution in [2.75, 3.05) is 0 Å². The fraction of sp³-hybridized carbons (Fsp3) is 0.0769. The maximum absolute atomic E-state index is 12.6. The molecule has 0 aromatic heterocycles. The Hall–Kier alpha value is -1.19. The van der Waals surface area contributed by atoms with Crippen molar-refractivity contribution >= 4 is 23.2 Å². The summed E-state index contributed by atoms with van der Waals surface area (Å²) in [5.41, 5.74) is -0.145. The lowest BCUT2D eigenvalue weighted by Gasteiger charge is -2.10. The van der Waals surface area contributed by atoms with E-state index in [1.54, 1.807) is 18.2 Å². The normalized spacial score (nSPS) is 11.6. The number of rotatable bonds is 1. The topological polar surface area (TPSA) is 0 Å². The van der Waals surface area contributed by atoms with Crippen LogP contribution in [0.2, 0.25) is 10.0 Å². The molecular weight excluding hydrogens is 284 g/mol. The number of hydrogen-bond acceptors (Lipinski definition) is 0. The summed E-state index contributed by atoms with van der Waals surface area (Å²) in [5.74, 6) is 0. The van der Waals surface area contributed by atoms with E-state index in [0.717, 1.165) is 6.07 Å². The minimum absolute atomic E-state index is 0.307. The average molecular weight is 290 g/mol. The second-order valence-corrected chi connectivity index (χ2v) is 4.40. The summed E-state index contributed by atoms with van der Waals surface area (Å²) >= 11 is 11.9. The van der Waals surface area contributed by atoms with Gasteiger partial charge in [-0.15, -0.1) is 0 Å². The van der Waals surface area contributed by atoms with Crippen LogP contribution in [0.1, 0.15) is 5.56 Å². The van der Waals surface area contributed by atoms with Gasteiger partial charge in [0.25, 0.3) is 0 Å². The molecule has 93 valence electrons. The predicted molar refractivity (Wildman–Crippen MR) is 65.7 cm³/mol. The van der Waals surface area contributed by atoms with Crippen molar-refractivity contribution in [1.29, 1.82) is 0 Å². The summed E-state index contributed by atoms with van der Waals surface area (Å²) in [7, 11) is 0. The van der Waals surface area contributed by atoms with Gasteiger partial charge in [0.05, 0.1) is 5.56 Å². The Morgan fingerprint density at radius 3 is 2.17 bits per heavy atom. The van der Waals surface area contributed by atoms with Crippen molar-refractivity contribution in [3.63, 3.8) is 0 Å². The molecule has 0 bridgehead atoms. The Balaban J connectivity index is 2.59. The highest BCUT2D eigenvalue weighted by atomic mass is 35.5. The molecule has 0 aliphatic carbocycles. The van der Waals surface area contributed by atoms with Crippen molar-refractivity contribution in [3.05, 3.63) is 58.1 Å². The number of alkyl halides is 3. The first-order valence-electron chi connectivity index (χ1n) is 4.93. The van der Waals surface area contributed by atoms with Crippen molar-refractivity contribution in [2.45, 2.75) is 6.18 Å². The molecule has 0 nitrogen and oxygen atoms in total. The summed E-state index contributed by atoms with van der Waals surface area (Å²) in [6.45, 7) is 0. The van der Waals surface area contributed by atoms with Crippen LogP contribution < -0.4 is 0 Å². The van der Waals surface area contributed by atoms with Gasteiger partial charge in [0.1, 0.15) is 0 Å². The third-order valence-corrected chi connectivity index (χ3v) is 2.99. The highest BCUT2D eigenvalue weighted by Gasteiger charge is 2.31. The van der Waals surface area contributed by atoms with Crippen LogP contribution in [-0.2, 0) is 6.18 Å². The van der Waals surface area contributed by atoms with Crippen molar-refractivity contribution in [2.24, 2.45) is 0 Å². The van der Waals surface area contributed by atoms with Gasteiger partial charge >= 0.3 is 6.18 Å². The summed E-state index contributed by atoms with van der Waals surface area (Å²) in [6, 6.07) is 10.6.